The summed E-state index contributed by atoms with van der Waals surface area (Å²) in [7, 11) is -3.65. The maximum atomic E-state index is 14.0. The second-order valence-corrected chi connectivity index (χ2v) is 7.09. The van der Waals surface area contributed by atoms with Crippen LogP contribution in [0.1, 0.15) is 12.0 Å². The highest BCUT2D eigenvalue weighted by Crippen LogP contribution is 2.40. The Morgan fingerprint density at radius 1 is 1.29 bits per heavy atom. The zero-order chi connectivity index (χ0) is 15.8. The number of nitrogens with two attached hydrogens (primary N) is 2. The molecule has 1 aromatic carbocycles. The lowest BCUT2D eigenvalue weighted by Crippen LogP contribution is -2.36. The van der Waals surface area contributed by atoms with E-state index < -0.39 is 56.9 Å². The Balaban J connectivity index is 2.67. The third-order valence-electron chi connectivity index (χ3n) is 3.32. The van der Waals surface area contributed by atoms with E-state index in [0.717, 1.165) is 12.1 Å². The number of sulfone groups is 1. The minimum atomic E-state index is -3.65. The van der Waals surface area contributed by atoms with E-state index >= 15 is 0 Å². The smallest absolute Gasteiger partial charge is 0.267 e. The molecule has 2 rings (SSSR count). The molecule has 0 saturated heterocycles. The van der Waals surface area contributed by atoms with E-state index in [-0.39, 0.29) is 5.69 Å². The Morgan fingerprint density at radius 2 is 1.95 bits per heavy atom. The van der Waals surface area contributed by atoms with Crippen molar-refractivity contribution in [3.8, 4) is 0 Å². The first-order valence-corrected chi connectivity index (χ1v) is 7.87. The molecule has 5 nitrogen and oxygen atoms in total. The van der Waals surface area contributed by atoms with Crippen molar-refractivity contribution in [2.24, 2.45) is 10.7 Å². The predicted molar refractivity (Wildman–Crippen MR) is 73.4 cm³/mol. The van der Waals surface area contributed by atoms with Gasteiger partial charge in [0.05, 0.1) is 5.75 Å². The number of benzene rings is 1. The Hall–Kier alpha value is -1.77. The van der Waals surface area contributed by atoms with Gasteiger partial charge in [-0.05, 0) is 24.6 Å². The first-order chi connectivity index (χ1) is 9.66. The van der Waals surface area contributed by atoms with Gasteiger partial charge in [0.25, 0.3) is 6.43 Å². The average Bonchev–Trinajstić information content (AvgIpc) is 2.48. The van der Waals surface area contributed by atoms with Crippen LogP contribution in [0.15, 0.2) is 23.2 Å². The summed E-state index contributed by atoms with van der Waals surface area (Å²) in [4.78, 5) is 3.64. The third-order valence-corrected chi connectivity index (χ3v) is 4.88. The van der Waals surface area contributed by atoms with Crippen LogP contribution in [0.4, 0.5) is 18.9 Å². The van der Waals surface area contributed by atoms with Crippen molar-refractivity contribution in [3.05, 3.63) is 29.6 Å². The van der Waals surface area contributed by atoms with Crippen LogP contribution in [-0.4, -0.2) is 32.2 Å². The van der Waals surface area contributed by atoms with Gasteiger partial charge in [-0.1, -0.05) is 0 Å². The number of nitrogens with zero attached hydrogens (tertiary/aromatic N) is 1. The molecule has 0 radical (unpaired) electrons. The van der Waals surface area contributed by atoms with Crippen LogP contribution in [0.3, 0.4) is 0 Å². The number of amidine groups is 1. The molecule has 1 atom stereocenters. The molecule has 4 N–H and O–H groups in total. The SMILES string of the molecule is NC1=NC(c2cc(N)ccc2F)(C(F)F)CCS(=O)(=O)C1. The van der Waals surface area contributed by atoms with Crippen LogP contribution >= 0.6 is 0 Å². The van der Waals surface area contributed by atoms with Gasteiger partial charge in [0, 0.05) is 11.3 Å². The molecular formula is C12H14F3N3O2S. The number of hydrogen-bond donors (Lipinski definition) is 2. The normalized spacial score (nSPS) is 25.4. The van der Waals surface area contributed by atoms with E-state index in [1.54, 1.807) is 0 Å². The molecular weight excluding hydrogens is 307 g/mol. The molecule has 0 fully saturated rings. The van der Waals surface area contributed by atoms with Gasteiger partial charge in [-0.3, -0.25) is 4.99 Å². The standard InChI is InChI=1S/C12H14F3N3O2S/c13-9-2-1-7(16)5-8(9)12(11(14)15)3-4-21(19,20)6-10(17)18-12/h1-2,5,11H,3-4,6,16H2,(H2,17,18). The average molecular weight is 321 g/mol. The minimum Gasteiger partial charge on any atom is -0.399 e. The van der Waals surface area contributed by atoms with E-state index in [1.165, 1.54) is 6.07 Å². The van der Waals surface area contributed by atoms with E-state index in [9.17, 15) is 21.6 Å². The highest BCUT2D eigenvalue weighted by atomic mass is 32.2. The van der Waals surface area contributed by atoms with Crippen LogP contribution in [0.5, 0.6) is 0 Å². The van der Waals surface area contributed by atoms with Gasteiger partial charge in [0.1, 0.15) is 17.4 Å². The van der Waals surface area contributed by atoms with Gasteiger partial charge in [-0.15, -0.1) is 0 Å². The summed E-state index contributed by atoms with van der Waals surface area (Å²) in [6.07, 6.45) is -3.69. The monoisotopic (exact) mass is 321 g/mol. The first kappa shape index (κ1) is 15.6. The number of aliphatic imine (C=N–C) groups is 1. The predicted octanol–water partition coefficient (Wildman–Crippen LogP) is 1.04. The van der Waals surface area contributed by atoms with Gasteiger partial charge in [-0.25, -0.2) is 21.6 Å². The van der Waals surface area contributed by atoms with E-state index in [1.807, 2.05) is 0 Å². The van der Waals surface area contributed by atoms with Crippen molar-refractivity contribution in [2.45, 2.75) is 18.4 Å². The molecule has 1 aliphatic rings. The van der Waals surface area contributed by atoms with E-state index in [4.69, 9.17) is 11.5 Å². The molecule has 21 heavy (non-hydrogen) atoms. The first-order valence-electron chi connectivity index (χ1n) is 6.04. The number of hydrogen-bond acceptors (Lipinski definition) is 5. The second-order valence-electron chi connectivity index (χ2n) is 4.91. The van der Waals surface area contributed by atoms with Crippen LogP contribution in [0.2, 0.25) is 0 Å². The van der Waals surface area contributed by atoms with Crippen molar-refractivity contribution in [2.75, 3.05) is 17.2 Å². The molecule has 116 valence electrons. The molecule has 0 aliphatic carbocycles. The highest BCUT2D eigenvalue weighted by Gasteiger charge is 2.46. The molecule has 0 amide bonds. The van der Waals surface area contributed by atoms with Gasteiger partial charge in [0.2, 0.25) is 0 Å². The Morgan fingerprint density at radius 3 is 2.57 bits per heavy atom. The van der Waals surface area contributed by atoms with Crippen LogP contribution in [0.25, 0.3) is 0 Å². The zero-order valence-electron chi connectivity index (χ0n) is 10.9. The van der Waals surface area contributed by atoms with Crippen LogP contribution < -0.4 is 11.5 Å². The molecule has 1 unspecified atom stereocenters. The van der Waals surface area contributed by atoms with Gasteiger partial charge in [0.15, 0.2) is 15.4 Å². The number of alkyl halides is 2. The summed E-state index contributed by atoms with van der Waals surface area (Å²) in [6.45, 7) is 0. The van der Waals surface area contributed by atoms with Crippen molar-refractivity contribution in [3.63, 3.8) is 0 Å². The lowest BCUT2D eigenvalue weighted by molar-refractivity contribution is 0.0496. The fourth-order valence-electron chi connectivity index (χ4n) is 2.30. The third kappa shape index (κ3) is 2.97. The summed E-state index contributed by atoms with van der Waals surface area (Å²) in [5.74, 6) is -2.57. The topological polar surface area (TPSA) is 98.5 Å². The molecule has 0 spiro atoms. The number of halogens is 3. The van der Waals surface area contributed by atoms with E-state index in [0.29, 0.717) is 0 Å². The number of rotatable bonds is 2. The lowest BCUT2D eigenvalue weighted by atomic mass is 9.87. The highest BCUT2D eigenvalue weighted by molar-refractivity contribution is 7.92. The van der Waals surface area contributed by atoms with Gasteiger partial charge < -0.3 is 11.5 Å². The molecule has 9 heteroatoms. The maximum absolute atomic E-state index is 14.0. The molecule has 0 bridgehead atoms. The van der Waals surface area contributed by atoms with Crippen LogP contribution in [-0.2, 0) is 15.4 Å². The van der Waals surface area contributed by atoms with Gasteiger partial charge in [-0.2, -0.15) is 0 Å². The van der Waals surface area contributed by atoms with Crippen molar-refractivity contribution < 1.29 is 21.6 Å². The van der Waals surface area contributed by atoms with Gasteiger partial charge >= 0.3 is 0 Å². The van der Waals surface area contributed by atoms with Crippen molar-refractivity contribution in [1.82, 2.24) is 0 Å². The number of anilines is 1. The Kier molecular flexibility index (Phi) is 3.87. The molecule has 1 aromatic rings. The minimum absolute atomic E-state index is 0.0762. The summed E-state index contributed by atoms with van der Waals surface area (Å²) >= 11 is 0. The fourth-order valence-corrected chi connectivity index (χ4v) is 3.58. The molecule has 0 aromatic heterocycles. The molecule has 0 saturated carbocycles. The molecule has 1 aliphatic heterocycles. The largest absolute Gasteiger partial charge is 0.399 e. The zero-order valence-corrected chi connectivity index (χ0v) is 11.7. The summed E-state index contributed by atoms with van der Waals surface area (Å²) < 4.78 is 64.5. The van der Waals surface area contributed by atoms with Crippen molar-refractivity contribution in [1.29, 1.82) is 0 Å². The maximum Gasteiger partial charge on any atom is 0.267 e. The Bertz CT molecular complexity index is 691. The van der Waals surface area contributed by atoms with E-state index in [2.05, 4.69) is 4.99 Å². The second kappa shape index (κ2) is 5.21. The van der Waals surface area contributed by atoms with Crippen LogP contribution in [0, 0.1) is 5.82 Å². The number of nitrogen functional groups attached to an aromatic ring is 1. The molecule has 1 heterocycles. The summed E-state index contributed by atoms with van der Waals surface area (Å²) in [6, 6.07) is 3.20. The summed E-state index contributed by atoms with van der Waals surface area (Å²) in [5.41, 5.74) is 8.23. The van der Waals surface area contributed by atoms with Crippen molar-refractivity contribution >= 4 is 21.4 Å². The Labute approximate surface area is 119 Å². The quantitative estimate of drug-likeness (QED) is 0.795. The summed E-state index contributed by atoms with van der Waals surface area (Å²) in [5, 5.41) is 0. The fraction of sp³-hybridized carbons (Fsp3) is 0.417. The lowest BCUT2D eigenvalue weighted by Gasteiger charge is -2.29.